The van der Waals surface area contributed by atoms with E-state index in [-0.39, 0.29) is 5.69 Å². The molecule has 7 nitrogen and oxygen atoms in total. The van der Waals surface area contributed by atoms with Crippen LogP contribution in [0.4, 0.5) is 41.0 Å². The highest BCUT2D eigenvalue weighted by molar-refractivity contribution is 6.31. The maximum atomic E-state index is 13.1. The molecule has 1 aromatic heterocycles. The Kier molecular flexibility index (Phi) is 7.41. The second-order valence-corrected chi connectivity index (χ2v) is 7.83. The minimum atomic E-state index is -4.64. The molecular weight excluding hydrogens is 469 g/mol. The van der Waals surface area contributed by atoms with Gasteiger partial charge >= 0.3 is 12.2 Å². The van der Waals surface area contributed by atoms with Crippen molar-refractivity contribution in [2.24, 2.45) is 0 Å². The topological polar surface area (TPSA) is 91.8 Å². The number of hydrogen-bond acceptors (Lipinski definition) is 5. The number of benzene rings is 2. The van der Waals surface area contributed by atoms with Crippen molar-refractivity contribution in [1.82, 2.24) is 15.0 Å². The van der Waals surface area contributed by atoms with Gasteiger partial charge in [0.15, 0.2) is 5.82 Å². The Bertz CT molecular complexity index is 1260. The first-order chi connectivity index (χ1) is 16.0. The second-order valence-electron chi connectivity index (χ2n) is 7.43. The van der Waals surface area contributed by atoms with Crippen molar-refractivity contribution in [2.45, 2.75) is 33.9 Å². The molecule has 0 saturated heterocycles. The molecule has 0 saturated carbocycles. The Morgan fingerprint density at radius 2 is 1.65 bits per heavy atom. The third-order valence-corrected chi connectivity index (χ3v) is 5.13. The summed E-state index contributed by atoms with van der Waals surface area (Å²) in [6, 6.07) is 7.52. The molecule has 0 radical (unpaired) electrons. The van der Waals surface area contributed by atoms with Gasteiger partial charge < -0.3 is 16.0 Å². The monoisotopic (exact) mass is 490 g/mol. The molecular formula is C23H22ClF3N6O. The van der Waals surface area contributed by atoms with Gasteiger partial charge in [-0.1, -0.05) is 23.7 Å². The third kappa shape index (κ3) is 6.22. The Hall–Kier alpha value is -3.66. The molecule has 0 aliphatic carbocycles. The molecule has 1 heterocycles. The van der Waals surface area contributed by atoms with Gasteiger partial charge in [-0.3, -0.25) is 0 Å². The summed E-state index contributed by atoms with van der Waals surface area (Å²) in [7, 11) is 0. The van der Waals surface area contributed by atoms with Crippen molar-refractivity contribution in [1.29, 1.82) is 0 Å². The van der Waals surface area contributed by atoms with Crippen LogP contribution in [0.5, 0.6) is 0 Å². The predicted octanol–water partition coefficient (Wildman–Crippen LogP) is 6.97. The van der Waals surface area contributed by atoms with Gasteiger partial charge in [0, 0.05) is 17.1 Å². The number of hydrogen-bond donors (Lipinski definition) is 3. The fraction of sp³-hybridized carbons (Fsp3) is 0.217. The van der Waals surface area contributed by atoms with Crippen LogP contribution in [0.15, 0.2) is 42.5 Å². The van der Waals surface area contributed by atoms with Gasteiger partial charge in [-0.15, -0.1) is 0 Å². The van der Waals surface area contributed by atoms with E-state index in [1.54, 1.807) is 25.1 Å². The molecule has 2 amide bonds. The van der Waals surface area contributed by atoms with Crippen molar-refractivity contribution < 1.29 is 18.0 Å². The highest BCUT2D eigenvalue weighted by atomic mass is 35.5. The van der Waals surface area contributed by atoms with Crippen LogP contribution in [0.2, 0.25) is 5.02 Å². The highest BCUT2D eigenvalue weighted by Gasteiger charge is 2.33. The summed E-state index contributed by atoms with van der Waals surface area (Å²) in [4.78, 5) is 25.4. The Morgan fingerprint density at radius 1 is 1.00 bits per heavy atom. The van der Waals surface area contributed by atoms with E-state index in [1.807, 2.05) is 26.8 Å². The van der Waals surface area contributed by atoms with Crippen LogP contribution < -0.4 is 16.0 Å². The first-order valence-corrected chi connectivity index (χ1v) is 10.5. The summed E-state index contributed by atoms with van der Waals surface area (Å²) in [6.45, 7) is 7.41. The van der Waals surface area contributed by atoms with Crippen LogP contribution in [-0.4, -0.2) is 21.0 Å². The van der Waals surface area contributed by atoms with Crippen LogP contribution in [-0.2, 0) is 6.18 Å². The number of carbonyl (C=O) groups is 1. The summed E-state index contributed by atoms with van der Waals surface area (Å²) in [6.07, 6.45) is -2.74. The van der Waals surface area contributed by atoms with E-state index in [9.17, 15) is 18.0 Å². The van der Waals surface area contributed by atoms with Gasteiger partial charge in [-0.25, -0.2) is 9.78 Å². The molecule has 3 N–H and O–H groups in total. The van der Waals surface area contributed by atoms with Gasteiger partial charge in [0.25, 0.3) is 0 Å². The molecule has 0 unspecified atom stereocenters. The average molecular weight is 491 g/mol. The molecule has 34 heavy (non-hydrogen) atoms. The number of halogens is 4. The molecule has 0 spiro atoms. The van der Waals surface area contributed by atoms with E-state index in [4.69, 9.17) is 11.6 Å². The number of anilines is 4. The van der Waals surface area contributed by atoms with Crippen molar-refractivity contribution in [3.05, 3.63) is 70.3 Å². The summed E-state index contributed by atoms with van der Waals surface area (Å²) in [5.74, 6) is 1.43. The number of alkyl halides is 3. The lowest BCUT2D eigenvalue weighted by Crippen LogP contribution is -2.20. The zero-order valence-electron chi connectivity index (χ0n) is 18.8. The number of carbonyl (C=O) groups excluding carboxylic acids is 1. The second kappa shape index (κ2) is 10.1. The largest absolute Gasteiger partial charge is 0.417 e. The SMILES string of the molecule is CC=C(C)c1nc(C)nc(Nc2cc(NC(=O)Nc3ccc(Cl)c(C(F)(F)F)c3)ccc2C)n1. The predicted molar refractivity (Wildman–Crippen MR) is 127 cm³/mol. The van der Waals surface area contributed by atoms with Crippen LogP contribution in [0.3, 0.4) is 0 Å². The number of aryl methyl sites for hydroxylation is 2. The van der Waals surface area contributed by atoms with Gasteiger partial charge in [-0.2, -0.15) is 23.1 Å². The maximum Gasteiger partial charge on any atom is 0.417 e. The number of nitrogens with one attached hydrogen (secondary N) is 3. The van der Waals surface area contributed by atoms with Crippen molar-refractivity contribution in [2.75, 3.05) is 16.0 Å². The number of allylic oxidation sites excluding steroid dienone is 2. The average Bonchev–Trinajstić information content (AvgIpc) is 2.75. The number of rotatable bonds is 5. The Labute approximate surface area is 199 Å². The molecule has 0 aliphatic heterocycles. The fourth-order valence-electron chi connectivity index (χ4n) is 2.91. The minimum Gasteiger partial charge on any atom is -0.324 e. The van der Waals surface area contributed by atoms with Crippen LogP contribution in [0, 0.1) is 13.8 Å². The number of urea groups is 1. The van der Waals surface area contributed by atoms with E-state index in [2.05, 4.69) is 30.9 Å². The zero-order valence-corrected chi connectivity index (χ0v) is 19.6. The van der Waals surface area contributed by atoms with Gasteiger partial charge in [0.2, 0.25) is 5.95 Å². The molecule has 0 fully saturated rings. The molecule has 11 heteroatoms. The molecule has 2 aromatic carbocycles. The first kappa shape index (κ1) is 25.0. The van der Waals surface area contributed by atoms with Crippen molar-refractivity contribution in [3.63, 3.8) is 0 Å². The summed E-state index contributed by atoms with van der Waals surface area (Å²) in [5.41, 5.74) is 1.72. The smallest absolute Gasteiger partial charge is 0.324 e. The third-order valence-electron chi connectivity index (χ3n) is 4.80. The van der Waals surface area contributed by atoms with E-state index in [0.717, 1.165) is 23.3 Å². The van der Waals surface area contributed by atoms with Crippen molar-refractivity contribution >= 4 is 46.2 Å². The van der Waals surface area contributed by atoms with Gasteiger partial charge in [-0.05, 0) is 69.2 Å². The summed E-state index contributed by atoms with van der Waals surface area (Å²) in [5, 5.41) is 7.65. The van der Waals surface area contributed by atoms with Crippen LogP contribution >= 0.6 is 11.6 Å². The Balaban J connectivity index is 1.77. The highest BCUT2D eigenvalue weighted by Crippen LogP contribution is 2.36. The van der Waals surface area contributed by atoms with Crippen LogP contribution in [0.25, 0.3) is 5.57 Å². The number of aromatic nitrogens is 3. The van der Waals surface area contributed by atoms with E-state index >= 15 is 0 Å². The Morgan fingerprint density at radius 3 is 2.29 bits per heavy atom. The molecule has 3 rings (SSSR count). The fourth-order valence-corrected chi connectivity index (χ4v) is 3.14. The van der Waals surface area contributed by atoms with E-state index < -0.39 is 22.8 Å². The normalized spacial score (nSPS) is 11.8. The lowest BCUT2D eigenvalue weighted by molar-refractivity contribution is -0.137. The molecule has 0 atom stereocenters. The van der Waals surface area contributed by atoms with Gasteiger partial charge in [0.05, 0.1) is 10.6 Å². The van der Waals surface area contributed by atoms with E-state index in [1.165, 1.54) is 6.07 Å². The maximum absolute atomic E-state index is 13.1. The number of amides is 2. The first-order valence-electron chi connectivity index (χ1n) is 10.1. The standard InChI is InChI=1S/C23H22ClF3N6O/c1-5-12(2)20-28-14(4)29-21(33-20)32-19-11-16(7-6-13(19)3)31-22(34)30-15-8-9-18(24)17(10-15)23(25,26)27/h5-11H,1-4H3,(H2,30,31,34)(H,28,29,32,33). The number of nitrogens with zero attached hydrogens (tertiary/aromatic N) is 3. The zero-order chi connectivity index (χ0) is 25.0. The molecule has 3 aromatic rings. The lowest BCUT2D eigenvalue weighted by atomic mass is 10.2. The molecule has 178 valence electrons. The minimum absolute atomic E-state index is 0.0489. The van der Waals surface area contributed by atoms with Gasteiger partial charge in [0.1, 0.15) is 5.82 Å². The summed E-state index contributed by atoms with van der Waals surface area (Å²) >= 11 is 5.62. The van der Waals surface area contributed by atoms with Crippen LogP contribution in [0.1, 0.15) is 36.6 Å². The van der Waals surface area contributed by atoms with E-state index in [0.29, 0.717) is 29.0 Å². The van der Waals surface area contributed by atoms with Crippen molar-refractivity contribution in [3.8, 4) is 0 Å². The summed E-state index contributed by atoms with van der Waals surface area (Å²) < 4.78 is 39.2. The quantitative estimate of drug-likeness (QED) is 0.359. The molecule has 0 bridgehead atoms. The molecule has 0 aliphatic rings. The lowest BCUT2D eigenvalue weighted by Gasteiger charge is -2.14.